The van der Waals surface area contributed by atoms with Crippen molar-refractivity contribution < 1.29 is 9.53 Å². The lowest BCUT2D eigenvalue weighted by atomic mass is 9.99. The highest BCUT2D eigenvalue weighted by atomic mass is 16.5. The van der Waals surface area contributed by atoms with E-state index in [4.69, 9.17) is 4.74 Å². The second-order valence-electron chi connectivity index (χ2n) is 6.28. The summed E-state index contributed by atoms with van der Waals surface area (Å²) in [6.07, 6.45) is 2.37. The maximum absolute atomic E-state index is 12.1. The summed E-state index contributed by atoms with van der Waals surface area (Å²) in [7, 11) is 0. The van der Waals surface area contributed by atoms with Gasteiger partial charge in [-0.1, -0.05) is 13.5 Å². The van der Waals surface area contributed by atoms with Gasteiger partial charge < -0.3 is 10.1 Å². The SMILES string of the molecule is C=C(C)COc1ccc(NC(=O)CN2CCC(C)CC2)cc1. The first-order valence-corrected chi connectivity index (χ1v) is 7.92. The van der Waals surface area contributed by atoms with Gasteiger partial charge in [-0.25, -0.2) is 0 Å². The molecule has 2 rings (SSSR count). The van der Waals surface area contributed by atoms with Crippen molar-refractivity contribution in [3.05, 3.63) is 36.4 Å². The lowest BCUT2D eigenvalue weighted by Gasteiger charge is -2.29. The molecule has 0 unspecified atom stereocenters. The van der Waals surface area contributed by atoms with Crippen LogP contribution >= 0.6 is 0 Å². The van der Waals surface area contributed by atoms with Gasteiger partial charge >= 0.3 is 0 Å². The molecule has 1 aromatic rings. The van der Waals surface area contributed by atoms with Gasteiger partial charge in [0.2, 0.25) is 5.91 Å². The summed E-state index contributed by atoms with van der Waals surface area (Å²) < 4.78 is 5.54. The number of rotatable bonds is 6. The molecule has 120 valence electrons. The number of hydrogen-bond donors (Lipinski definition) is 1. The smallest absolute Gasteiger partial charge is 0.238 e. The minimum absolute atomic E-state index is 0.0464. The molecule has 4 nitrogen and oxygen atoms in total. The van der Waals surface area contributed by atoms with Crippen LogP contribution in [0.3, 0.4) is 0 Å². The molecule has 0 saturated carbocycles. The highest BCUT2D eigenvalue weighted by Gasteiger charge is 2.17. The summed E-state index contributed by atoms with van der Waals surface area (Å²) in [5, 5.41) is 2.94. The molecule has 1 N–H and O–H groups in total. The first kappa shape index (κ1) is 16.6. The fraction of sp³-hybridized carbons (Fsp3) is 0.500. The predicted octanol–water partition coefficient (Wildman–Crippen LogP) is 3.31. The molecule has 22 heavy (non-hydrogen) atoms. The molecule has 0 bridgehead atoms. The van der Waals surface area contributed by atoms with Gasteiger partial charge in [0.25, 0.3) is 0 Å². The number of anilines is 1. The zero-order valence-corrected chi connectivity index (χ0v) is 13.6. The minimum atomic E-state index is 0.0464. The van der Waals surface area contributed by atoms with Gasteiger partial charge in [-0.2, -0.15) is 0 Å². The topological polar surface area (TPSA) is 41.6 Å². The van der Waals surface area contributed by atoms with Crippen molar-refractivity contribution in [1.29, 1.82) is 0 Å². The molecule has 0 atom stereocenters. The molecule has 1 amide bonds. The van der Waals surface area contributed by atoms with Crippen molar-refractivity contribution in [2.75, 3.05) is 31.6 Å². The molecule has 1 aliphatic rings. The fourth-order valence-electron chi connectivity index (χ4n) is 2.46. The summed E-state index contributed by atoms with van der Waals surface area (Å²) in [6, 6.07) is 7.45. The fourth-order valence-corrected chi connectivity index (χ4v) is 2.46. The number of carbonyl (C=O) groups excluding carboxylic acids is 1. The zero-order valence-electron chi connectivity index (χ0n) is 13.6. The van der Waals surface area contributed by atoms with E-state index in [1.165, 1.54) is 12.8 Å². The summed E-state index contributed by atoms with van der Waals surface area (Å²) in [6.45, 7) is 11.0. The Morgan fingerprint density at radius 3 is 2.55 bits per heavy atom. The largest absolute Gasteiger partial charge is 0.489 e. The first-order chi connectivity index (χ1) is 10.5. The van der Waals surface area contributed by atoms with Crippen LogP contribution in [-0.2, 0) is 4.79 Å². The van der Waals surface area contributed by atoms with Crippen LogP contribution in [-0.4, -0.2) is 37.0 Å². The second kappa shape index (κ2) is 7.99. The number of hydrogen-bond acceptors (Lipinski definition) is 3. The van der Waals surface area contributed by atoms with Crippen molar-refractivity contribution in [2.45, 2.75) is 26.7 Å². The van der Waals surface area contributed by atoms with E-state index in [1.54, 1.807) is 0 Å². The Labute approximate surface area is 133 Å². The van der Waals surface area contributed by atoms with Gasteiger partial charge in [-0.15, -0.1) is 0 Å². The lowest BCUT2D eigenvalue weighted by Crippen LogP contribution is -2.38. The van der Waals surface area contributed by atoms with Crippen LogP contribution in [0.4, 0.5) is 5.69 Å². The number of likely N-dealkylation sites (tertiary alicyclic amines) is 1. The van der Waals surface area contributed by atoms with Crippen LogP contribution in [0, 0.1) is 5.92 Å². The van der Waals surface area contributed by atoms with Crippen LogP contribution < -0.4 is 10.1 Å². The van der Waals surface area contributed by atoms with Crippen molar-refractivity contribution >= 4 is 11.6 Å². The normalized spacial score (nSPS) is 16.3. The van der Waals surface area contributed by atoms with E-state index in [0.717, 1.165) is 36.0 Å². The van der Waals surface area contributed by atoms with E-state index in [-0.39, 0.29) is 5.91 Å². The molecule has 0 aliphatic carbocycles. The van der Waals surface area contributed by atoms with E-state index >= 15 is 0 Å². The number of ether oxygens (including phenoxy) is 1. The maximum Gasteiger partial charge on any atom is 0.238 e. The third-order valence-electron chi connectivity index (χ3n) is 3.87. The van der Waals surface area contributed by atoms with Crippen LogP contribution in [0.25, 0.3) is 0 Å². The van der Waals surface area contributed by atoms with Crippen LogP contribution in [0.15, 0.2) is 36.4 Å². The van der Waals surface area contributed by atoms with Gasteiger partial charge in [0.15, 0.2) is 0 Å². The van der Waals surface area contributed by atoms with E-state index in [9.17, 15) is 4.79 Å². The van der Waals surface area contributed by atoms with Gasteiger partial charge in [0.1, 0.15) is 12.4 Å². The summed E-state index contributed by atoms with van der Waals surface area (Å²) in [4.78, 5) is 14.3. The maximum atomic E-state index is 12.1. The van der Waals surface area contributed by atoms with E-state index in [2.05, 4.69) is 23.7 Å². The summed E-state index contributed by atoms with van der Waals surface area (Å²) in [5.41, 5.74) is 1.78. The first-order valence-electron chi connectivity index (χ1n) is 7.92. The number of nitrogens with one attached hydrogen (secondary N) is 1. The van der Waals surface area contributed by atoms with Crippen molar-refractivity contribution in [1.82, 2.24) is 4.90 Å². The third kappa shape index (κ3) is 5.53. The zero-order chi connectivity index (χ0) is 15.9. The molecule has 1 aromatic carbocycles. The minimum Gasteiger partial charge on any atom is -0.489 e. The molecule has 4 heteroatoms. The Bertz CT molecular complexity index is 502. The van der Waals surface area contributed by atoms with Crippen molar-refractivity contribution in [3.8, 4) is 5.75 Å². The Balaban J connectivity index is 1.77. The van der Waals surface area contributed by atoms with Crippen molar-refractivity contribution in [2.24, 2.45) is 5.92 Å². The van der Waals surface area contributed by atoms with Crippen LogP contribution in [0.1, 0.15) is 26.7 Å². The monoisotopic (exact) mass is 302 g/mol. The highest BCUT2D eigenvalue weighted by Crippen LogP contribution is 2.17. The number of nitrogens with zero attached hydrogens (tertiary/aromatic N) is 1. The molecule has 0 spiro atoms. The van der Waals surface area contributed by atoms with Gasteiger partial charge in [-0.3, -0.25) is 9.69 Å². The second-order valence-corrected chi connectivity index (χ2v) is 6.28. The Kier molecular flexibility index (Phi) is 6.01. The average Bonchev–Trinajstić information content (AvgIpc) is 2.49. The molecule has 0 radical (unpaired) electrons. The molecule has 0 aromatic heterocycles. The molecule has 1 aliphatic heterocycles. The highest BCUT2D eigenvalue weighted by molar-refractivity contribution is 5.92. The standard InChI is InChI=1S/C18H26N2O2/c1-14(2)13-22-17-6-4-16(5-7-17)19-18(21)12-20-10-8-15(3)9-11-20/h4-7,15H,1,8-13H2,2-3H3,(H,19,21). The van der Waals surface area contributed by atoms with Crippen LogP contribution in [0.2, 0.25) is 0 Å². The summed E-state index contributed by atoms with van der Waals surface area (Å²) in [5.74, 6) is 1.61. The van der Waals surface area contributed by atoms with Crippen molar-refractivity contribution in [3.63, 3.8) is 0 Å². The van der Waals surface area contributed by atoms with Gasteiger partial charge in [0, 0.05) is 5.69 Å². The Morgan fingerprint density at radius 2 is 1.95 bits per heavy atom. The molecule has 1 heterocycles. The molecular formula is C18H26N2O2. The quantitative estimate of drug-likeness (QED) is 0.820. The Morgan fingerprint density at radius 1 is 1.32 bits per heavy atom. The number of piperidine rings is 1. The molecule has 1 fully saturated rings. The van der Waals surface area contributed by atoms with Crippen LogP contribution in [0.5, 0.6) is 5.75 Å². The number of amides is 1. The van der Waals surface area contributed by atoms with Gasteiger partial charge in [-0.05, 0) is 68.6 Å². The number of carbonyl (C=O) groups is 1. The van der Waals surface area contributed by atoms with Gasteiger partial charge in [0.05, 0.1) is 6.54 Å². The third-order valence-corrected chi connectivity index (χ3v) is 3.87. The predicted molar refractivity (Wildman–Crippen MR) is 90.2 cm³/mol. The summed E-state index contributed by atoms with van der Waals surface area (Å²) >= 11 is 0. The lowest BCUT2D eigenvalue weighted by molar-refractivity contribution is -0.117. The Hall–Kier alpha value is -1.81. The van der Waals surface area contributed by atoms with E-state index in [1.807, 2.05) is 31.2 Å². The van der Waals surface area contributed by atoms with E-state index < -0.39 is 0 Å². The molecular weight excluding hydrogens is 276 g/mol. The molecule has 1 saturated heterocycles. The average molecular weight is 302 g/mol. The number of benzene rings is 1. The van der Waals surface area contributed by atoms with E-state index in [0.29, 0.717) is 13.2 Å².